The summed E-state index contributed by atoms with van der Waals surface area (Å²) in [7, 11) is 1.48. The number of hydrogen-bond donors (Lipinski definition) is 0. The molecule has 0 fully saturated rings. The standard InChI is InChI=1S/C15H18O6/c1-5-8-19-13-7-6-12(9-14(13)18-4)15(20-10(2)16)21-11(3)17/h5-7,9,15H,1,8H2,2-4H3. The van der Waals surface area contributed by atoms with Crippen molar-refractivity contribution in [3.63, 3.8) is 0 Å². The lowest BCUT2D eigenvalue weighted by Gasteiger charge is -2.18. The molecule has 0 bridgehead atoms. The predicted octanol–water partition coefficient (Wildman–Crippen LogP) is 2.38. The van der Waals surface area contributed by atoms with E-state index in [1.807, 2.05) is 0 Å². The molecule has 0 aliphatic heterocycles. The van der Waals surface area contributed by atoms with Crippen molar-refractivity contribution in [3.05, 3.63) is 36.4 Å². The van der Waals surface area contributed by atoms with Crippen LogP contribution >= 0.6 is 0 Å². The van der Waals surface area contributed by atoms with Gasteiger partial charge in [-0.1, -0.05) is 12.7 Å². The zero-order valence-electron chi connectivity index (χ0n) is 12.3. The average Bonchev–Trinajstić information content (AvgIpc) is 2.43. The van der Waals surface area contributed by atoms with E-state index in [0.717, 1.165) is 0 Å². The monoisotopic (exact) mass is 294 g/mol. The van der Waals surface area contributed by atoms with Crippen LogP contribution < -0.4 is 9.47 Å². The summed E-state index contributed by atoms with van der Waals surface area (Å²) in [6, 6.07) is 4.84. The lowest BCUT2D eigenvalue weighted by atomic mass is 10.2. The molecule has 21 heavy (non-hydrogen) atoms. The summed E-state index contributed by atoms with van der Waals surface area (Å²) in [6.45, 7) is 6.35. The van der Waals surface area contributed by atoms with E-state index in [4.69, 9.17) is 18.9 Å². The van der Waals surface area contributed by atoms with E-state index in [2.05, 4.69) is 6.58 Å². The minimum Gasteiger partial charge on any atom is -0.493 e. The lowest BCUT2D eigenvalue weighted by molar-refractivity contribution is -0.186. The highest BCUT2D eigenvalue weighted by Crippen LogP contribution is 2.32. The topological polar surface area (TPSA) is 71.1 Å². The van der Waals surface area contributed by atoms with Crippen molar-refractivity contribution in [2.45, 2.75) is 20.1 Å². The maximum absolute atomic E-state index is 11.1. The molecule has 1 rings (SSSR count). The molecule has 0 aliphatic rings. The Bertz CT molecular complexity index is 507. The summed E-state index contributed by atoms with van der Waals surface area (Å²) in [4.78, 5) is 22.2. The number of carbonyl (C=O) groups excluding carboxylic acids is 2. The Labute approximate surface area is 123 Å². The maximum Gasteiger partial charge on any atom is 0.305 e. The van der Waals surface area contributed by atoms with Crippen molar-refractivity contribution in [1.82, 2.24) is 0 Å². The highest BCUT2D eigenvalue weighted by Gasteiger charge is 2.20. The third-order valence-corrected chi connectivity index (χ3v) is 2.36. The van der Waals surface area contributed by atoms with E-state index >= 15 is 0 Å². The van der Waals surface area contributed by atoms with Gasteiger partial charge in [-0.2, -0.15) is 0 Å². The van der Waals surface area contributed by atoms with Crippen LogP contribution in [0.3, 0.4) is 0 Å². The number of ether oxygens (including phenoxy) is 4. The highest BCUT2D eigenvalue weighted by atomic mass is 16.7. The van der Waals surface area contributed by atoms with Crippen LogP contribution in [0, 0.1) is 0 Å². The van der Waals surface area contributed by atoms with E-state index in [-0.39, 0.29) is 0 Å². The molecular weight excluding hydrogens is 276 g/mol. The van der Waals surface area contributed by atoms with Gasteiger partial charge in [0.15, 0.2) is 11.5 Å². The van der Waals surface area contributed by atoms with E-state index in [0.29, 0.717) is 23.7 Å². The quantitative estimate of drug-likeness (QED) is 0.437. The Hall–Kier alpha value is -2.50. The van der Waals surface area contributed by atoms with Gasteiger partial charge in [-0.3, -0.25) is 9.59 Å². The van der Waals surface area contributed by atoms with Crippen molar-refractivity contribution in [2.75, 3.05) is 13.7 Å². The number of benzene rings is 1. The maximum atomic E-state index is 11.1. The Morgan fingerprint density at radius 3 is 2.29 bits per heavy atom. The third kappa shape index (κ3) is 5.18. The largest absolute Gasteiger partial charge is 0.493 e. The van der Waals surface area contributed by atoms with E-state index < -0.39 is 18.2 Å². The van der Waals surface area contributed by atoms with Gasteiger partial charge < -0.3 is 18.9 Å². The SMILES string of the molecule is C=CCOc1ccc(C(OC(C)=O)OC(C)=O)cc1OC. The Balaban J connectivity index is 3.04. The summed E-state index contributed by atoms with van der Waals surface area (Å²) in [5, 5.41) is 0. The fourth-order valence-electron chi connectivity index (χ4n) is 1.56. The molecule has 0 spiro atoms. The second kappa shape index (κ2) is 7.94. The molecule has 0 aliphatic carbocycles. The number of esters is 2. The zero-order chi connectivity index (χ0) is 15.8. The first-order valence-electron chi connectivity index (χ1n) is 6.24. The second-order valence-electron chi connectivity index (χ2n) is 4.06. The Kier molecular flexibility index (Phi) is 6.26. The molecule has 0 atom stereocenters. The molecule has 6 heteroatoms. The molecule has 0 radical (unpaired) electrons. The number of carbonyl (C=O) groups is 2. The van der Waals surface area contributed by atoms with Crippen LogP contribution in [0.25, 0.3) is 0 Å². The van der Waals surface area contributed by atoms with Gasteiger partial charge in [0.2, 0.25) is 0 Å². The molecule has 0 unspecified atom stereocenters. The minimum absolute atomic E-state index is 0.326. The normalized spacial score (nSPS) is 9.90. The van der Waals surface area contributed by atoms with Crippen LogP contribution in [0.2, 0.25) is 0 Å². The average molecular weight is 294 g/mol. The molecule has 0 N–H and O–H groups in total. The summed E-state index contributed by atoms with van der Waals surface area (Å²) in [6.07, 6.45) is 0.482. The van der Waals surface area contributed by atoms with Crippen LogP contribution in [0.15, 0.2) is 30.9 Å². The fourth-order valence-corrected chi connectivity index (χ4v) is 1.56. The molecule has 0 amide bonds. The summed E-state index contributed by atoms with van der Waals surface area (Å²) in [5.41, 5.74) is 0.461. The first kappa shape index (κ1) is 16.6. The first-order valence-corrected chi connectivity index (χ1v) is 6.24. The molecule has 6 nitrogen and oxygen atoms in total. The van der Waals surface area contributed by atoms with Crippen molar-refractivity contribution in [2.24, 2.45) is 0 Å². The molecular formula is C15H18O6. The van der Waals surface area contributed by atoms with Crippen molar-refractivity contribution >= 4 is 11.9 Å². The van der Waals surface area contributed by atoms with Crippen molar-refractivity contribution in [1.29, 1.82) is 0 Å². The van der Waals surface area contributed by atoms with Gasteiger partial charge in [0.1, 0.15) is 6.61 Å². The van der Waals surface area contributed by atoms with Gasteiger partial charge in [0, 0.05) is 19.4 Å². The Morgan fingerprint density at radius 2 is 1.81 bits per heavy atom. The van der Waals surface area contributed by atoms with Crippen LogP contribution in [0.4, 0.5) is 0 Å². The second-order valence-corrected chi connectivity index (χ2v) is 4.06. The molecule has 0 saturated heterocycles. The van der Waals surface area contributed by atoms with Crippen molar-refractivity contribution in [3.8, 4) is 11.5 Å². The molecule has 0 heterocycles. The van der Waals surface area contributed by atoms with Gasteiger partial charge in [-0.25, -0.2) is 0 Å². The van der Waals surface area contributed by atoms with Crippen LogP contribution in [0.5, 0.6) is 11.5 Å². The smallest absolute Gasteiger partial charge is 0.305 e. The zero-order valence-corrected chi connectivity index (χ0v) is 12.3. The molecule has 0 saturated carbocycles. The van der Waals surface area contributed by atoms with Crippen LogP contribution in [-0.4, -0.2) is 25.7 Å². The van der Waals surface area contributed by atoms with Gasteiger partial charge in [-0.05, 0) is 18.2 Å². The predicted molar refractivity (Wildman–Crippen MR) is 75.0 cm³/mol. The van der Waals surface area contributed by atoms with Gasteiger partial charge in [0.05, 0.1) is 7.11 Å². The lowest BCUT2D eigenvalue weighted by Crippen LogP contribution is -2.15. The molecule has 114 valence electrons. The minimum atomic E-state index is -1.12. The number of hydrogen-bond acceptors (Lipinski definition) is 6. The highest BCUT2D eigenvalue weighted by molar-refractivity contribution is 5.68. The van der Waals surface area contributed by atoms with Gasteiger partial charge in [0.25, 0.3) is 6.29 Å². The summed E-state index contributed by atoms with van der Waals surface area (Å²) in [5.74, 6) is -0.191. The fraction of sp³-hybridized carbons (Fsp3) is 0.333. The first-order chi connectivity index (χ1) is 9.97. The summed E-state index contributed by atoms with van der Waals surface area (Å²) >= 11 is 0. The third-order valence-electron chi connectivity index (χ3n) is 2.36. The van der Waals surface area contributed by atoms with Crippen molar-refractivity contribution < 1.29 is 28.5 Å². The number of rotatable bonds is 7. The van der Waals surface area contributed by atoms with E-state index in [9.17, 15) is 9.59 Å². The van der Waals surface area contributed by atoms with E-state index in [1.165, 1.54) is 21.0 Å². The number of methoxy groups -OCH3 is 1. The van der Waals surface area contributed by atoms with Crippen LogP contribution in [0.1, 0.15) is 25.7 Å². The molecule has 1 aromatic carbocycles. The van der Waals surface area contributed by atoms with E-state index in [1.54, 1.807) is 24.3 Å². The van der Waals surface area contributed by atoms with Gasteiger partial charge >= 0.3 is 11.9 Å². The Morgan fingerprint density at radius 1 is 1.19 bits per heavy atom. The molecule has 0 aromatic heterocycles. The summed E-state index contributed by atoms with van der Waals surface area (Å²) < 4.78 is 20.6. The molecule has 1 aromatic rings. The van der Waals surface area contributed by atoms with Gasteiger partial charge in [-0.15, -0.1) is 0 Å². The van der Waals surface area contributed by atoms with Crippen LogP contribution in [-0.2, 0) is 19.1 Å².